The molecule has 0 aromatic heterocycles. The van der Waals surface area contributed by atoms with Crippen molar-refractivity contribution in [3.8, 4) is 5.75 Å². The molecule has 0 unspecified atom stereocenters. The van der Waals surface area contributed by atoms with Crippen LogP contribution in [0.25, 0.3) is 0 Å². The van der Waals surface area contributed by atoms with E-state index in [9.17, 15) is 9.59 Å². The fourth-order valence-corrected chi connectivity index (χ4v) is 2.44. The van der Waals surface area contributed by atoms with Crippen LogP contribution in [0.15, 0.2) is 18.2 Å². The standard InChI is InChI=1S/C17H24N2O3/c1-13-6-7-14(2)15(11-13)22-10-9-18(3)17(21)12-19-8-4-5-16(19)20/h6-7,11H,4-5,8-10,12H2,1-3H3. The second kappa shape index (κ2) is 7.29. The largest absolute Gasteiger partial charge is 0.491 e. The lowest BCUT2D eigenvalue weighted by Gasteiger charge is -2.21. The summed E-state index contributed by atoms with van der Waals surface area (Å²) in [6.07, 6.45) is 1.41. The third-order valence-electron chi connectivity index (χ3n) is 3.95. The molecule has 0 radical (unpaired) electrons. The van der Waals surface area contributed by atoms with E-state index in [1.165, 1.54) is 0 Å². The summed E-state index contributed by atoms with van der Waals surface area (Å²) in [6, 6.07) is 6.07. The van der Waals surface area contributed by atoms with E-state index in [2.05, 4.69) is 0 Å². The van der Waals surface area contributed by atoms with Gasteiger partial charge in [-0.25, -0.2) is 0 Å². The van der Waals surface area contributed by atoms with Crippen LogP contribution in [0.5, 0.6) is 5.75 Å². The van der Waals surface area contributed by atoms with Gasteiger partial charge in [0.05, 0.1) is 13.1 Å². The van der Waals surface area contributed by atoms with Gasteiger partial charge in [-0.05, 0) is 37.5 Å². The molecular formula is C17H24N2O3. The van der Waals surface area contributed by atoms with E-state index in [-0.39, 0.29) is 18.4 Å². The van der Waals surface area contributed by atoms with Crippen LogP contribution in [0.3, 0.4) is 0 Å². The molecule has 0 saturated carbocycles. The van der Waals surface area contributed by atoms with E-state index >= 15 is 0 Å². The van der Waals surface area contributed by atoms with Crippen LogP contribution in [0, 0.1) is 13.8 Å². The summed E-state index contributed by atoms with van der Waals surface area (Å²) in [5.74, 6) is 0.892. The molecule has 0 aliphatic carbocycles. The van der Waals surface area contributed by atoms with Gasteiger partial charge in [-0.15, -0.1) is 0 Å². The van der Waals surface area contributed by atoms with Gasteiger partial charge >= 0.3 is 0 Å². The van der Waals surface area contributed by atoms with Crippen LogP contribution in [-0.4, -0.2) is 54.9 Å². The normalized spacial score (nSPS) is 14.3. The number of amides is 2. The number of aryl methyl sites for hydroxylation is 2. The molecule has 22 heavy (non-hydrogen) atoms. The second-order valence-corrected chi connectivity index (χ2v) is 5.85. The smallest absolute Gasteiger partial charge is 0.242 e. The number of carbonyl (C=O) groups excluding carboxylic acids is 2. The van der Waals surface area contributed by atoms with Crippen molar-refractivity contribution in [1.82, 2.24) is 9.80 Å². The number of nitrogens with zero attached hydrogens (tertiary/aromatic N) is 2. The molecule has 2 amide bonds. The van der Waals surface area contributed by atoms with Gasteiger partial charge in [0.25, 0.3) is 0 Å². The topological polar surface area (TPSA) is 49.9 Å². The Kier molecular flexibility index (Phi) is 5.41. The summed E-state index contributed by atoms with van der Waals surface area (Å²) in [5, 5.41) is 0. The average molecular weight is 304 g/mol. The van der Waals surface area contributed by atoms with Crippen molar-refractivity contribution < 1.29 is 14.3 Å². The minimum atomic E-state index is -0.0418. The first kappa shape index (κ1) is 16.3. The van der Waals surface area contributed by atoms with Crippen molar-refractivity contribution in [3.63, 3.8) is 0 Å². The van der Waals surface area contributed by atoms with Gasteiger partial charge < -0.3 is 14.5 Å². The van der Waals surface area contributed by atoms with E-state index in [0.29, 0.717) is 26.1 Å². The van der Waals surface area contributed by atoms with Crippen LogP contribution < -0.4 is 4.74 Å². The molecule has 2 rings (SSSR count). The molecule has 1 fully saturated rings. The Morgan fingerprint density at radius 1 is 1.36 bits per heavy atom. The van der Waals surface area contributed by atoms with Gasteiger partial charge in [-0.2, -0.15) is 0 Å². The zero-order valence-corrected chi connectivity index (χ0v) is 13.6. The fourth-order valence-electron chi connectivity index (χ4n) is 2.44. The quantitative estimate of drug-likeness (QED) is 0.805. The highest BCUT2D eigenvalue weighted by Crippen LogP contribution is 2.18. The van der Waals surface area contributed by atoms with Crippen molar-refractivity contribution in [2.24, 2.45) is 0 Å². The Morgan fingerprint density at radius 3 is 2.82 bits per heavy atom. The first-order valence-electron chi connectivity index (χ1n) is 7.69. The lowest BCUT2D eigenvalue weighted by atomic mass is 10.1. The summed E-state index contributed by atoms with van der Waals surface area (Å²) in [4.78, 5) is 26.9. The van der Waals surface area contributed by atoms with Crippen LogP contribution in [0.4, 0.5) is 0 Å². The lowest BCUT2D eigenvalue weighted by molar-refractivity contribution is -0.137. The first-order valence-corrected chi connectivity index (χ1v) is 7.69. The molecule has 0 bridgehead atoms. The number of hydrogen-bond acceptors (Lipinski definition) is 3. The van der Waals surface area contributed by atoms with E-state index in [0.717, 1.165) is 23.3 Å². The van der Waals surface area contributed by atoms with Gasteiger partial charge in [-0.3, -0.25) is 9.59 Å². The molecule has 1 aromatic rings. The third kappa shape index (κ3) is 4.23. The summed E-state index contributed by atoms with van der Waals surface area (Å²) >= 11 is 0. The molecule has 0 N–H and O–H groups in total. The third-order valence-corrected chi connectivity index (χ3v) is 3.95. The maximum absolute atomic E-state index is 12.1. The van der Waals surface area contributed by atoms with Gasteiger partial charge in [0, 0.05) is 20.0 Å². The molecule has 1 aliphatic rings. The van der Waals surface area contributed by atoms with E-state index in [4.69, 9.17) is 4.74 Å². The van der Waals surface area contributed by atoms with Crippen molar-refractivity contribution in [2.75, 3.05) is 33.3 Å². The fraction of sp³-hybridized carbons (Fsp3) is 0.529. The highest BCUT2D eigenvalue weighted by molar-refractivity contribution is 5.85. The van der Waals surface area contributed by atoms with Crippen LogP contribution >= 0.6 is 0 Å². The Labute approximate surface area is 131 Å². The van der Waals surface area contributed by atoms with E-state index in [1.807, 2.05) is 32.0 Å². The maximum Gasteiger partial charge on any atom is 0.242 e. The molecular weight excluding hydrogens is 280 g/mol. The molecule has 1 heterocycles. The van der Waals surface area contributed by atoms with Crippen LogP contribution in [0.1, 0.15) is 24.0 Å². The van der Waals surface area contributed by atoms with Crippen molar-refractivity contribution in [3.05, 3.63) is 29.3 Å². The maximum atomic E-state index is 12.1. The van der Waals surface area contributed by atoms with Crippen LogP contribution in [-0.2, 0) is 9.59 Å². The predicted octanol–water partition coefficient (Wildman–Crippen LogP) is 1.76. The van der Waals surface area contributed by atoms with E-state index in [1.54, 1.807) is 16.8 Å². The number of likely N-dealkylation sites (N-methyl/N-ethyl adjacent to an activating group) is 1. The average Bonchev–Trinajstić information content (AvgIpc) is 2.87. The van der Waals surface area contributed by atoms with Gasteiger partial charge in [0.2, 0.25) is 11.8 Å². The summed E-state index contributed by atoms with van der Waals surface area (Å²) in [7, 11) is 1.75. The number of likely N-dealkylation sites (tertiary alicyclic amines) is 1. The zero-order valence-electron chi connectivity index (χ0n) is 13.6. The summed E-state index contributed by atoms with van der Waals surface area (Å²) in [6.45, 7) is 5.85. The van der Waals surface area contributed by atoms with E-state index < -0.39 is 0 Å². The van der Waals surface area contributed by atoms with Crippen molar-refractivity contribution in [1.29, 1.82) is 0 Å². The van der Waals surface area contributed by atoms with Crippen molar-refractivity contribution in [2.45, 2.75) is 26.7 Å². The Hall–Kier alpha value is -2.04. The van der Waals surface area contributed by atoms with Gasteiger partial charge in [0.1, 0.15) is 12.4 Å². The monoisotopic (exact) mass is 304 g/mol. The Bertz CT molecular complexity index is 557. The lowest BCUT2D eigenvalue weighted by Crippen LogP contribution is -2.40. The number of hydrogen-bond donors (Lipinski definition) is 0. The highest BCUT2D eigenvalue weighted by atomic mass is 16.5. The number of ether oxygens (including phenoxy) is 1. The highest BCUT2D eigenvalue weighted by Gasteiger charge is 2.23. The summed E-state index contributed by atoms with van der Waals surface area (Å²) < 4.78 is 5.76. The molecule has 120 valence electrons. The SMILES string of the molecule is Cc1ccc(C)c(OCCN(C)C(=O)CN2CCCC2=O)c1. The van der Waals surface area contributed by atoms with Crippen molar-refractivity contribution >= 4 is 11.8 Å². The molecule has 5 heteroatoms. The Balaban J connectivity index is 1.77. The van der Waals surface area contributed by atoms with Gasteiger partial charge in [-0.1, -0.05) is 12.1 Å². The minimum absolute atomic E-state index is 0.0418. The van der Waals surface area contributed by atoms with Gasteiger partial charge in [0.15, 0.2) is 0 Å². The molecule has 1 aliphatic heterocycles. The molecule has 0 atom stereocenters. The van der Waals surface area contributed by atoms with Crippen LogP contribution in [0.2, 0.25) is 0 Å². The minimum Gasteiger partial charge on any atom is -0.491 e. The molecule has 1 saturated heterocycles. The molecule has 0 spiro atoms. The number of rotatable bonds is 6. The zero-order chi connectivity index (χ0) is 16.1. The summed E-state index contributed by atoms with van der Waals surface area (Å²) in [5.41, 5.74) is 2.24. The number of carbonyl (C=O) groups is 2. The first-order chi connectivity index (χ1) is 10.5. The predicted molar refractivity (Wildman–Crippen MR) is 84.9 cm³/mol. The molecule has 1 aromatic carbocycles. The molecule has 5 nitrogen and oxygen atoms in total. The number of benzene rings is 1. The second-order valence-electron chi connectivity index (χ2n) is 5.85. The Morgan fingerprint density at radius 2 is 2.14 bits per heavy atom.